The fourth-order valence-corrected chi connectivity index (χ4v) is 3.06. The van der Waals surface area contributed by atoms with Crippen molar-refractivity contribution in [2.24, 2.45) is 0 Å². The van der Waals surface area contributed by atoms with Crippen LogP contribution in [0.4, 0.5) is 0 Å². The Morgan fingerprint density at radius 3 is 3.10 bits per heavy atom. The van der Waals surface area contributed by atoms with Gasteiger partial charge in [-0.2, -0.15) is 0 Å². The van der Waals surface area contributed by atoms with Gasteiger partial charge in [0.15, 0.2) is 6.10 Å². The van der Waals surface area contributed by atoms with Crippen molar-refractivity contribution < 1.29 is 9.53 Å². The second-order valence-electron chi connectivity index (χ2n) is 5.01. The second-order valence-corrected chi connectivity index (χ2v) is 6.27. The summed E-state index contributed by atoms with van der Waals surface area (Å²) in [5.74, 6) is 0.773. The molecule has 0 radical (unpaired) electrons. The lowest BCUT2D eigenvalue weighted by Crippen LogP contribution is -2.41. The molecule has 110 valence electrons. The van der Waals surface area contributed by atoms with Crippen LogP contribution < -0.4 is 10.1 Å². The molecule has 1 aliphatic heterocycles. The lowest BCUT2D eigenvalue weighted by atomic mass is 10.0. The summed E-state index contributed by atoms with van der Waals surface area (Å²) < 4.78 is 5.76. The zero-order chi connectivity index (χ0) is 14.7. The standard InChI is InChI=1S/C15H17N3O2S/c1-10-17-18-14(21-10)8-9-16-15(19)13-7-6-11-4-2-3-5-12(11)20-13/h2-5,13H,6-9H2,1H3,(H,16,19)/t13-/m1/s1. The first-order valence-corrected chi connectivity index (χ1v) is 7.85. The number of amides is 1. The van der Waals surface area contributed by atoms with Gasteiger partial charge in [-0.3, -0.25) is 4.79 Å². The summed E-state index contributed by atoms with van der Waals surface area (Å²) >= 11 is 1.56. The summed E-state index contributed by atoms with van der Waals surface area (Å²) in [6, 6.07) is 7.88. The number of fused-ring (bicyclic) bond motifs is 1. The first-order valence-electron chi connectivity index (χ1n) is 7.03. The summed E-state index contributed by atoms with van der Waals surface area (Å²) in [7, 11) is 0. The molecule has 1 N–H and O–H groups in total. The highest BCUT2D eigenvalue weighted by Gasteiger charge is 2.25. The van der Waals surface area contributed by atoms with Gasteiger partial charge in [-0.15, -0.1) is 21.5 Å². The zero-order valence-corrected chi connectivity index (χ0v) is 12.7. The van der Waals surface area contributed by atoms with Gasteiger partial charge >= 0.3 is 0 Å². The average Bonchev–Trinajstić information content (AvgIpc) is 2.92. The van der Waals surface area contributed by atoms with Gasteiger partial charge in [-0.25, -0.2) is 0 Å². The fourth-order valence-electron chi connectivity index (χ4n) is 2.35. The number of nitrogens with one attached hydrogen (secondary N) is 1. The van der Waals surface area contributed by atoms with E-state index in [2.05, 4.69) is 15.5 Å². The molecule has 21 heavy (non-hydrogen) atoms. The van der Waals surface area contributed by atoms with Crippen LogP contribution in [0.2, 0.25) is 0 Å². The molecule has 0 fully saturated rings. The summed E-state index contributed by atoms with van der Waals surface area (Å²) in [6.07, 6.45) is 1.92. The van der Waals surface area contributed by atoms with E-state index >= 15 is 0 Å². The predicted octanol–water partition coefficient (Wildman–Crippen LogP) is 1.90. The van der Waals surface area contributed by atoms with E-state index in [0.717, 1.165) is 28.6 Å². The van der Waals surface area contributed by atoms with E-state index in [9.17, 15) is 4.79 Å². The van der Waals surface area contributed by atoms with Gasteiger partial charge in [-0.1, -0.05) is 18.2 Å². The van der Waals surface area contributed by atoms with Crippen LogP contribution in [0, 0.1) is 6.92 Å². The van der Waals surface area contributed by atoms with Crippen LogP contribution in [0.15, 0.2) is 24.3 Å². The maximum absolute atomic E-state index is 12.1. The molecular formula is C15H17N3O2S. The second kappa shape index (κ2) is 6.22. The topological polar surface area (TPSA) is 64.1 Å². The van der Waals surface area contributed by atoms with Gasteiger partial charge < -0.3 is 10.1 Å². The highest BCUT2D eigenvalue weighted by atomic mass is 32.1. The number of carbonyl (C=O) groups is 1. The monoisotopic (exact) mass is 303 g/mol. The van der Waals surface area contributed by atoms with E-state index in [1.807, 2.05) is 31.2 Å². The van der Waals surface area contributed by atoms with Crippen molar-refractivity contribution in [3.63, 3.8) is 0 Å². The van der Waals surface area contributed by atoms with E-state index in [1.165, 1.54) is 5.56 Å². The number of para-hydroxylation sites is 1. The summed E-state index contributed by atoms with van der Waals surface area (Å²) in [4.78, 5) is 12.1. The molecule has 3 rings (SSSR count). The maximum atomic E-state index is 12.1. The number of carbonyl (C=O) groups excluding carboxylic acids is 1. The lowest BCUT2D eigenvalue weighted by Gasteiger charge is -2.25. The SMILES string of the molecule is Cc1nnc(CCNC(=O)[C@H]2CCc3ccccc3O2)s1. The molecular weight excluding hydrogens is 286 g/mol. The van der Waals surface area contributed by atoms with Crippen LogP contribution >= 0.6 is 11.3 Å². The fraction of sp³-hybridized carbons (Fsp3) is 0.400. The van der Waals surface area contributed by atoms with Crippen molar-refractivity contribution in [1.82, 2.24) is 15.5 Å². The van der Waals surface area contributed by atoms with Gasteiger partial charge in [0.25, 0.3) is 5.91 Å². The molecule has 0 saturated carbocycles. The lowest BCUT2D eigenvalue weighted by molar-refractivity contribution is -0.128. The summed E-state index contributed by atoms with van der Waals surface area (Å²) in [6.45, 7) is 2.49. The number of rotatable bonds is 4. The number of hydrogen-bond donors (Lipinski definition) is 1. The first-order chi connectivity index (χ1) is 10.2. The third kappa shape index (κ3) is 3.39. The Labute approximate surface area is 127 Å². The number of benzene rings is 1. The minimum Gasteiger partial charge on any atom is -0.480 e. The van der Waals surface area contributed by atoms with E-state index in [4.69, 9.17) is 4.74 Å². The summed E-state index contributed by atoms with van der Waals surface area (Å²) in [5, 5.41) is 12.8. The Bertz CT molecular complexity index is 641. The first kappa shape index (κ1) is 14.0. The summed E-state index contributed by atoms with van der Waals surface area (Å²) in [5.41, 5.74) is 1.17. The third-order valence-electron chi connectivity index (χ3n) is 3.42. The maximum Gasteiger partial charge on any atom is 0.261 e. The van der Waals surface area contributed by atoms with Gasteiger partial charge in [0.2, 0.25) is 0 Å². The number of nitrogens with zero attached hydrogens (tertiary/aromatic N) is 2. The van der Waals surface area contributed by atoms with Crippen LogP contribution in [-0.2, 0) is 17.6 Å². The predicted molar refractivity (Wildman–Crippen MR) is 80.5 cm³/mol. The molecule has 1 aromatic heterocycles. The van der Waals surface area contributed by atoms with E-state index in [-0.39, 0.29) is 5.91 Å². The van der Waals surface area contributed by atoms with Gasteiger partial charge in [0.05, 0.1) is 0 Å². The molecule has 0 aliphatic carbocycles. The molecule has 5 nitrogen and oxygen atoms in total. The smallest absolute Gasteiger partial charge is 0.261 e. The Morgan fingerprint density at radius 1 is 1.43 bits per heavy atom. The molecule has 1 atom stereocenters. The van der Waals surface area contributed by atoms with E-state index in [1.54, 1.807) is 11.3 Å². The Kier molecular flexibility index (Phi) is 4.15. The van der Waals surface area contributed by atoms with Crippen LogP contribution in [0.25, 0.3) is 0 Å². The highest BCUT2D eigenvalue weighted by Crippen LogP contribution is 2.26. The number of aryl methyl sites for hydroxylation is 2. The molecule has 1 amide bonds. The van der Waals surface area contributed by atoms with Crippen molar-refractivity contribution >= 4 is 17.2 Å². The van der Waals surface area contributed by atoms with Crippen LogP contribution in [0.1, 0.15) is 22.0 Å². The normalized spacial score (nSPS) is 16.9. The van der Waals surface area contributed by atoms with Gasteiger partial charge in [0.1, 0.15) is 15.8 Å². The van der Waals surface area contributed by atoms with Crippen LogP contribution in [0.3, 0.4) is 0 Å². The Morgan fingerprint density at radius 2 is 2.29 bits per heavy atom. The van der Waals surface area contributed by atoms with Gasteiger partial charge in [-0.05, 0) is 31.4 Å². The molecule has 0 bridgehead atoms. The molecule has 6 heteroatoms. The minimum atomic E-state index is -0.393. The average molecular weight is 303 g/mol. The Balaban J connectivity index is 1.50. The molecule has 0 spiro atoms. The molecule has 1 aliphatic rings. The van der Waals surface area contributed by atoms with Gasteiger partial charge in [0, 0.05) is 13.0 Å². The molecule has 0 unspecified atom stereocenters. The zero-order valence-electron chi connectivity index (χ0n) is 11.8. The molecule has 2 heterocycles. The van der Waals surface area contributed by atoms with Crippen molar-refractivity contribution in [3.05, 3.63) is 39.8 Å². The van der Waals surface area contributed by atoms with Crippen molar-refractivity contribution in [2.45, 2.75) is 32.3 Å². The van der Waals surface area contributed by atoms with Crippen molar-refractivity contribution in [3.8, 4) is 5.75 Å². The van der Waals surface area contributed by atoms with E-state index < -0.39 is 6.10 Å². The third-order valence-corrected chi connectivity index (χ3v) is 4.31. The Hall–Kier alpha value is -1.95. The number of ether oxygens (including phenoxy) is 1. The largest absolute Gasteiger partial charge is 0.480 e. The quantitative estimate of drug-likeness (QED) is 0.937. The van der Waals surface area contributed by atoms with Crippen LogP contribution in [-0.4, -0.2) is 28.8 Å². The van der Waals surface area contributed by atoms with Crippen molar-refractivity contribution in [1.29, 1.82) is 0 Å². The van der Waals surface area contributed by atoms with Crippen molar-refractivity contribution in [2.75, 3.05) is 6.54 Å². The molecule has 2 aromatic rings. The number of hydrogen-bond acceptors (Lipinski definition) is 5. The molecule has 1 aromatic carbocycles. The van der Waals surface area contributed by atoms with Crippen LogP contribution in [0.5, 0.6) is 5.75 Å². The van der Waals surface area contributed by atoms with E-state index in [0.29, 0.717) is 13.0 Å². The minimum absolute atomic E-state index is 0.0502. The molecule has 0 saturated heterocycles. The number of aromatic nitrogens is 2. The highest BCUT2D eigenvalue weighted by molar-refractivity contribution is 7.11.